The van der Waals surface area contributed by atoms with Crippen LogP contribution in [0.25, 0.3) is 0 Å². The van der Waals surface area contributed by atoms with E-state index in [2.05, 4.69) is 22.6 Å². The van der Waals surface area contributed by atoms with E-state index in [1.807, 2.05) is 6.07 Å². The molecule has 1 nitrogen and oxygen atoms in total. The second kappa shape index (κ2) is 3.77. The van der Waals surface area contributed by atoms with Crippen molar-refractivity contribution in [1.82, 2.24) is 0 Å². The number of halogens is 2. The molecule has 1 aromatic rings. The van der Waals surface area contributed by atoms with Gasteiger partial charge in [-0.05, 0) is 71.5 Å². The van der Waals surface area contributed by atoms with Gasteiger partial charge in [-0.3, -0.25) is 0 Å². The van der Waals surface area contributed by atoms with Gasteiger partial charge in [0.1, 0.15) is 5.82 Å². The van der Waals surface area contributed by atoms with Crippen LogP contribution in [0.15, 0.2) is 12.1 Å². The van der Waals surface area contributed by atoms with Crippen LogP contribution < -0.4 is 5.73 Å². The van der Waals surface area contributed by atoms with Crippen LogP contribution in [0.3, 0.4) is 0 Å². The van der Waals surface area contributed by atoms with Crippen LogP contribution in [0.1, 0.15) is 30.0 Å². The predicted octanol–water partition coefficient (Wildman–Crippen LogP) is 3.15. The van der Waals surface area contributed by atoms with E-state index in [-0.39, 0.29) is 11.9 Å². The van der Waals surface area contributed by atoms with Crippen LogP contribution >= 0.6 is 22.6 Å². The summed E-state index contributed by atoms with van der Waals surface area (Å²) in [4.78, 5) is 0. The molecule has 1 aromatic carbocycles. The molecular formula is C11H13FIN. The minimum Gasteiger partial charge on any atom is -0.324 e. The lowest BCUT2D eigenvalue weighted by atomic mass is 10.0. The molecule has 1 saturated carbocycles. The summed E-state index contributed by atoms with van der Waals surface area (Å²) in [5.41, 5.74) is 7.68. The third-order valence-electron chi connectivity index (χ3n) is 2.82. The first-order valence-electron chi connectivity index (χ1n) is 4.80. The lowest BCUT2D eigenvalue weighted by Gasteiger charge is -2.12. The highest BCUT2D eigenvalue weighted by Gasteiger charge is 2.30. The van der Waals surface area contributed by atoms with Gasteiger partial charge in [0.25, 0.3) is 0 Å². The van der Waals surface area contributed by atoms with Gasteiger partial charge in [-0.25, -0.2) is 4.39 Å². The van der Waals surface area contributed by atoms with Gasteiger partial charge in [0.15, 0.2) is 0 Å². The molecule has 0 heterocycles. The summed E-state index contributed by atoms with van der Waals surface area (Å²) in [5, 5.41) is 0. The Morgan fingerprint density at radius 1 is 1.50 bits per heavy atom. The molecule has 3 heteroatoms. The highest BCUT2D eigenvalue weighted by Crippen LogP contribution is 2.40. The van der Waals surface area contributed by atoms with E-state index >= 15 is 0 Å². The summed E-state index contributed by atoms with van der Waals surface area (Å²) < 4.78 is 14.4. The van der Waals surface area contributed by atoms with Crippen molar-refractivity contribution in [2.75, 3.05) is 0 Å². The molecule has 0 spiro atoms. The van der Waals surface area contributed by atoms with Crippen molar-refractivity contribution in [3.05, 3.63) is 32.6 Å². The largest absolute Gasteiger partial charge is 0.324 e. The van der Waals surface area contributed by atoms with Crippen molar-refractivity contribution in [2.45, 2.75) is 25.8 Å². The molecule has 0 aromatic heterocycles. The maximum absolute atomic E-state index is 13.4. The average molecular weight is 305 g/mol. The van der Waals surface area contributed by atoms with Gasteiger partial charge in [-0.15, -0.1) is 0 Å². The van der Waals surface area contributed by atoms with Crippen LogP contribution in [0, 0.1) is 22.2 Å². The first-order chi connectivity index (χ1) is 6.59. The van der Waals surface area contributed by atoms with Crippen molar-refractivity contribution in [2.24, 2.45) is 11.7 Å². The average Bonchev–Trinajstić information content (AvgIpc) is 2.95. The lowest BCUT2D eigenvalue weighted by molar-refractivity contribution is 0.594. The van der Waals surface area contributed by atoms with Crippen LogP contribution in [-0.2, 0) is 0 Å². The highest BCUT2D eigenvalue weighted by molar-refractivity contribution is 14.1. The van der Waals surface area contributed by atoms with Crippen molar-refractivity contribution in [1.29, 1.82) is 0 Å². The Hall–Kier alpha value is -0.160. The first kappa shape index (κ1) is 10.4. The van der Waals surface area contributed by atoms with Gasteiger partial charge in [0.05, 0.1) is 0 Å². The molecular weight excluding hydrogens is 292 g/mol. The van der Waals surface area contributed by atoms with E-state index in [1.165, 1.54) is 12.8 Å². The summed E-state index contributed by atoms with van der Waals surface area (Å²) in [7, 11) is 0. The van der Waals surface area contributed by atoms with E-state index in [0.717, 1.165) is 14.7 Å². The molecule has 76 valence electrons. The molecule has 0 saturated heterocycles. The Balaban J connectivity index is 2.34. The number of nitrogens with two attached hydrogens (primary N) is 1. The van der Waals surface area contributed by atoms with Gasteiger partial charge in [-0.2, -0.15) is 0 Å². The summed E-state index contributed by atoms with van der Waals surface area (Å²) in [6, 6.07) is 3.61. The fourth-order valence-electron chi connectivity index (χ4n) is 1.58. The first-order valence-corrected chi connectivity index (χ1v) is 5.88. The molecule has 0 aliphatic heterocycles. The van der Waals surface area contributed by atoms with Crippen LogP contribution in [0.2, 0.25) is 0 Å². The van der Waals surface area contributed by atoms with Crippen LogP contribution in [-0.4, -0.2) is 0 Å². The van der Waals surface area contributed by atoms with Crippen molar-refractivity contribution < 1.29 is 4.39 Å². The van der Waals surface area contributed by atoms with Crippen LogP contribution in [0.5, 0.6) is 0 Å². The molecule has 2 N–H and O–H groups in total. The van der Waals surface area contributed by atoms with E-state index in [9.17, 15) is 4.39 Å². The van der Waals surface area contributed by atoms with E-state index in [0.29, 0.717) is 5.92 Å². The Labute approximate surface area is 97.0 Å². The van der Waals surface area contributed by atoms with E-state index < -0.39 is 0 Å². The van der Waals surface area contributed by atoms with Gasteiger partial charge in [-0.1, -0.05) is 0 Å². The topological polar surface area (TPSA) is 26.0 Å². The lowest BCUT2D eigenvalue weighted by Crippen LogP contribution is -2.13. The minimum absolute atomic E-state index is 0.0265. The zero-order valence-electron chi connectivity index (χ0n) is 8.06. The number of rotatable bonds is 2. The summed E-state index contributed by atoms with van der Waals surface area (Å²) in [6.07, 6.45) is 2.38. The molecule has 14 heavy (non-hydrogen) atoms. The van der Waals surface area contributed by atoms with E-state index in [4.69, 9.17) is 5.73 Å². The quantitative estimate of drug-likeness (QED) is 0.835. The fourth-order valence-corrected chi connectivity index (χ4v) is 2.20. The molecule has 2 rings (SSSR count). The molecule has 0 radical (unpaired) electrons. The number of hydrogen-bond donors (Lipinski definition) is 1. The standard InChI is InChI=1S/C11H13FIN/c1-6-9(12)4-8(5-10(6)13)11(14)7-2-3-7/h4-5,7,11H,2-3,14H2,1H3/t11-/m0/s1. The maximum atomic E-state index is 13.4. The summed E-state index contributed by atoms with van der Waals surface area (Å²) in [5.74, 6) is 0.441. The predicted molar refractivity (Wildman–Crippen MR) is 63.5 cm³/mol. The third kappa shape index (κ3) is 1.93. The van der Waals surface area contributed by atoms with Gasteiger partial charge < -0.3 is 5.73 Å². The van der Waals surface area contributed by atoms with Gasteiger partial charge in [0.2, 0.25) is 0 Å². The smallest absolute Gasteiger partial charge is 0.127 e. The van der Waals surface area contributed by atoms with Crippen molar-refractivity contribution in [3.8, 4) is 0 Å². The second-order valence-electron chi connectivity index (χ2n) is 3.97. The molecule has 0 bridgehead atoms. The summed E-state index contributed by atoms with van der Waals surface area (Å²) >= 11 is 2.16. The van der Waals surface area contributed by atoms with Gasteiger partial charge in [0, 0.05) is 9.61 Å². The fraction of sp³-hybridized carbons (Fsp3) is 0.455. The monoisotopic (exact) mass is 305 g/mol. The molecule has 1 fully saturated rings. The highest BCUT2D eigenvalue weighted by atomic mass is 127. The maximum Gasteiger partial charge on any atom is 0.127 e. The zero-order valence-corrected chi connectivity index (χ0v) is 10.2. The normalized spacial score (nSPS) is 18.3. The van der Waals surface area contributed by atoms with Crippen molar-refractivity contribution in [3.63, 3.8) is 0 Å². The van der Waals surface area contributed by atoms with Gasteiger partial charge >= 0.3 is 0 Å². The minimum atomic E-state index is -0.136. The third-order valence-corrected chi connectivity index (χ3v) is 3.94. The Morgan fingerprint density at radius 2 is 2.14 bits per heavy atom. The van der Waals surface area contributed by atoms with Crippen LogP contribution in [0.4, 0.5) is 4.39 Å². The molecule has 0 amide bonds. The Morgan fingerprint density at radius 3 is 2.64 bits per heavy atom. The Kier molecular flexibility index (Phi) is 2.79. The second-order valence-corrected chi connectivity index (χ2v) is 5.13. The zero-order chi connectivity index (χ0) is 10.3. The molecule has 1 aliphatic carbocycles. The SMILES string of the molecule is Cc1c(F)cc([C@@H](N)C2CC2)cc1I. The number of hydrogen-bond acceptors (Lipinski definition) is 1. The molecule has 1 atom stereocenters. The van der Waals surface area contributed by atoms with E-state index in [1.54, 1.807) is 13.0 Å². The Bertz CT molecular complexity index is 337. The molecule has 1 aliphatic rings. The number of benzene rings is 1. The summed E-state index contributed by atoms with van der Waals surface area (Å²) in [6.45, 7) is 1.80. The molecule has 0 unspecified atom stereocenters. The van der Waals surface area contributed by atoms with Crippen molar-refractivity contribution >= 4 is 22.6 Å².